The summed E-state index contributed by atoms with van der Waals surface area (Å²) >= 11 is 0.680. The number of hydrogen-bond acceptors (Lipinski definition) is 4. The molecule has 1 aromatic carbocycles. The zero-order valence-corrected chi connectivity index (χ0v) is 12.0. The Bertz CT molecular complexity index is 641. The molecule has 3 rings (SSSR count). The van der Waals surface area contributed by atoms with Crippen molar-refractivity contribution in [2.75, 3.05) is 13.7 Å². The van der Waals surface area contributed by atoms with Crippen LogP contribution in [0.25, 0.3) is 0 Å². The molecule has 2 unspecified atom stereocenters. The quantitative estimate of drug-likeness (QED) is 0.940. The van der Waals surface area contributed by atoms with Crippen LogP contribution in [0.15, 0.2) is 30.5 Å². The second kappa shape index (κ2) is 5.31. The lowest BCUT2D eigenvalue weighted by Gasteiger charge is -2.20. The topological polar surface area (TPSA) is 34.2 Å². The Morgan fingerprint density at radius 1 is 1.38 bits per heavy atom. The Kier molecular flexibility index (Phi) is 3.62. The van der Waals surface area contributed by atoms with E-state index in [0.29, 0.717) is 22.8 Å². The molecule has 112 valence electrons. The number of alkyl halides is 3. The van der Waals surface area contributed by atoms with Gasteiger partial charge in [-0.05, 0) is 13.1 Å². The van der Waals surface area contributed by atoms with Crippen LogP contribution in [-0.2, 0) is 6.18 Å². The molecule has 0 saturated heterocycles. The number of nitrogens with zero attached hydrogens (tertiary/aromatic N) is 1. The second-order valence-electron chi connectivity index (χ2n) is 4.79. The lowest BCUT2D eigenvalue weighted by Crippen LogP contribution is -2.24. The molecular formula is C14H13F3N2OS. The van der Waals surface area contributed by atoms with E-state index in [1.165, 1.54) is 6.20 Å². The van der Waals surface area contributed by atoms with Gasteiger partial charge in [-0.2, -0.15) is 13.2 Å². The van der Waals surface area contributed by atoms with E-state index in [1.807, 2.05) is 24.3 Å². The lowest BCUT2D eigenvalue weighted by atomic mass is 9.93. The monoisotopic (exact) mass is 314 g/mol. The number of halogens is 3. The Labute approximate surface area is 123 Å². The van der Waals surface area contributed by atoms with Crippen molar-refractivity contribution in [2.45, 2.75) is 18.1 Å². The van der Waals surface area contributed by atoms with Crippen LogP contribution in [0, 0.1) is 0 Å². The number of hydrogen-bond donors (Lipinski definition) is 1. The zero-order valence-electron chi connectivity index (χ0n) is 11.1. The number of aromatic nitrogens is 1. The number of fused-ring (bicyclic) bond motifs is 1. The van der Waals surface area contributed by atoms with Crippen LogP contribution in [0.1, 0.15) is 27.4 Å². The molecule has 0 saturated carbocycles. The molecule has 2 atom stereocenters. The van der Waals surface area contributed by atoms with Gasteiger partial charge in [-0.1, -0.05) is 18.2 Å². The third-order valence-electron chi connectivity index (χ3n) is 3.52. The molecule has 21 heavy (non-hydrogen) atoms. The largest absolute Gasteiger partial charge is 0.493 e. The van der Waals surface area contributed by atoms with Crippen molar-refractivity contribution in [1.29, 1.82) is 0 Å². The number of rotatable bonds is 3. The van der Waals surface area contributed by atoms with Gasteiger partial charge in [-0.25, -0.2) is 4.98 Å². The van der Waals surface area contributed by atoms with E-state index in [-0.39, 0.29) is 12.0 Å². The minimum atomic E-state index is -4.40. The minimum Gasteiger partial charge on any atom is -0.493 e. The van der Waals surface area contributed by atoms with Gasteiger partial charge in [0.1, 0.15) is 5.75 Å². The highest BCUT2D eigenvalue weighted by atomic mass is 32.1. The number of benzene rings is 1. The van der Waals surface area contributed by atoms with Gasteiger partial charge < -0.3 is 10.1 Å². The van der Waals surface area contributed by atoms with E-state index >= 15 is 0 Å². The summed E-state index contributed by atoms with van der Waals surface area (Å²) in [6.07, 6.45) is -3.10. The number of para-hydroxylation sites is 1. The third-order valence-corrected chi connectivity index (χ3v) is 4.65. The first-order valence-corrected chi connectivity index (χ1v) is 7.24. The molecule has 1 aliphatic rings. The maximum atomic E-state index is 12.7. The van der Waals surface area contributed by atoms with Crippen LogP contribution in [-0.4, -0.2) is 18.6 Å². The first kappa shape index (κ1) is 14.3. The van der Waals surface area contributed by atoms with Gasteiger partial charge in [0.05, 0.1) is 12.6 Å². The molecule has 0 radical (unpaired) electrons. The molecule has 1 N–H and O–H groups in total. The summed E-state index contributed by atoms with van der Waals surface area (Å²) in [7, 11) is 1.73. The molecule has 0 bridgehead atoms. The number of ether oxygens (including phenoxy) is 1. The van der Waals surface area contributed by atoms with Gasteiger partial charge in [0.15, 0.2) is 5.01 Å². The summed E-state index contributed by atoms with van der Waals surface area (Å²) < 4.78 is 43.7. The van der Waals surface area contributed by atoms with E-state index in [9.17, 15) is 13.2 Å². The van der Waals surface area contributed by atoms with Gasteiger partial charge in [0.2, 0.25) is 0 Å². The summed E-state index contributed by atoms with van der Waals surface area (Å²) in [5.41, 5.74) is 1.01. The molecule has 2 heterocycles. The fourth-order valence-corrected chi connectivity index (χ4v) is 3.53. The smallest absolute Gasteiger partial charge is 0.443 e. The minimum absolute atomic E-state index is 0.0206. The van der Waals surface area contributed by atoms with Crippen LogP contribution >= 0.6 is 11.3 Å². The van der Waals surface area contributed by atoms with Crippen LogP contribution in [0.2, 0.25) is 0 Å². The Morgan fingerprint density at radius 2 is 2.14 bits per heavy atom. The SMILES string of the molecule is CNC(c1cnc(C(F)(F)F)s1)C1COc2ccccc21. The number of nitrogens with one attached hydrogen (secondary N) is 1. The summed E-state index contributed by atoms with van der Waals surface area (Å²) in [6, 6.07) is 7.35. The van der Waals surface area contributed by atoms with E-state index < -0.39 is 11.2 Å². The fraction of sp³-hybridized carbons (Fsp3) is 0.357. The molecule has 1 aliphatic heterocycles. The van der Waals surface area contributed by atoms with Crippen LogP contribution in [0.5, 0.6) is 5.75 Å². The van der Waals surface area contributed by atoms with Gasteiger partial charge in [0, 0.05) is 22.6 Å². The molecule has 7 heteroatoms. The number of thiazole rings is 1. The van der Waals surface area contributed by atoms with Crippen molar-refractivity contribution in [3.05, 3.63) is 45.9 Å². The van der Waals surface area contributed by atoms with Crippen molar-refractivity contribution >= 4 is 11.3 Å². The van der Waals surface area contributed by atoms with Crippen LogP contribution < -0.4 is 10.1 Å². The zero-order chi connectivity index (χ0) is 15.0. The molecule has 0 amide bonds. The van der Waals surface area contributed by atoms with Crippen LogP contribution in [0.3, 0.4) is 0 Å². The van der Waals surface area contributed by atoms with Crippen LogP contribution in [0.4, 0.5) is 13.2 Å². The molecule has 3 nitrogen and oxygen atoms in total. The average Bonchev–Trinajstić information content (AvgIpc) is 3.07. The van der Waals surface area contributed by atoms with Gasteiger partial charge in [-0.15, -0.1) is 11.3 Å². The fourth-order valence-electron chi connectivity index (χ4n) is 2.57. The molecule has 1 aromatic heterocycles. The third kappa shape index (κ3) is 2.63. The van der Waals surface area contributed by atoms with Crippen molar-refractivity contribution in [3.8, 4) is 5.75 Å². The highest BCUT2D eigenvalue weighted by Gasteiger charge is 2.37. The standard InChI is InChI=1S/C14H13F3N2OS/c1-18-12(11-6-19-13(21-11)14(15,16)17)9-7-20-10-5-3-2-4-8(9)10/h2-6,9,12,18H,7H2,1H3. The molecule has 0 spiro atoms. The maximum Gasteiger partial charge on any atom is 0.443 e. The normalized spacial score (nSPS) is 19.1. The number of likely N-dealkylation sites (N-methyl/N-ethyl adjacent to an activating group) is 1. The molecular weight excluding hydrogens is 301 g/mol. The highest BCUT2D eigenvalue weighted by molar-refractivity contribution is 7.11. The average molecular weight is 314 g/mol. The molecule has 2 aromatic rings. The molecule has 0 fully saturated rings. The van der Waals surface area contributed by atoms with E-state index in [0.717, 1.165) is 11.3 Å². The predicted octanol–water partition coefficient (Wildman–Crippen LogP) is 3.60. The Morgan fingerprint density at radius 3 is 2.81 bits per heavy atom. The van der Waals surface area contributed by atoms with Gasteiger partial charge in [0.25, 0.3) is 0 Å². The summed E-state index contributed by atoms with van der Waals surface area (Å²) in [4.78, 5) is 4.06. The van der Waals surface area contributed by atoms with Crippen molar-refractivity contribution in [1.82, 2.24) is 10.3 Å². The maximum absolute atomic E-state index is 12.7. The van der Waals surface area contributed by atoms with E-state index in [2.05, 4.69) is 10.3 Å². The Balaban J connectivity index is 1.91. The predicted molar refractivity (Wildman–Crippen MR) is 73.6 cm³/mol. The summed E-state index contributed by atoms with van der Waals surface area (Å²) in [5, 5.41) is 2.27. The Hall–Kier alpha value is -1.60. The van der Waals surface area contributed by atoms with Crippen molar-refractivity contribution in [3.63, 3.8) is 0 Å². The summed E-state index contributed by atoms with van der Waals surface area (Å²) in [6.45, 7) is 0.449. The first-order chi connectivity index (χ1) is 10.0. The van der Waals surface area contributed by atoms with Gasteiger partial charge in [-0.3, -0.25) is 0 Å². The second-order valence-corrected chi connectivity index (χ2v) is 5.85. The highest BCUT2D eigenvalue weighted by Crippen LogP contribution is 2.43. The van der Waals surface area contributed by atoms with Crippen molar-refractivity contribution in [2.24, 2.45) is 0 Å². The van der Waals surface area contributed by atoms with E-state index in [4.69, 9.17) is 4.74 Å². The molecule has 0 aliphatic carbocycles. The summed E-state index contributed by atoms with van der Waals surface area (Å²) in [5.74, 6) is 0.774. The van der Waals surface area contributed by atoms with Gasteiger partial charge >= 0.3 is 6.18 Å². The van der Waals surface area contributed by atoms with E-state index in [1.54, 1.807) is 7.05 Å². The first-order valence-electron chi connectivity index (χ1n) is 6.42. The lowest BCUT2D eigenvalue weighted by molar-refractivity contribution is -0.137. The van der Waals surface area contributed by atoms with Crippen molar-refractivity contribution < 1.29 is 17.9 Å².